The highest BCUT2D eigenvalue weighted by Crippen LogP contribution is 2.20. The fourth-order valence-electron chi connectivity index (χ4n) is 1.66. The van der Waals surface area contributed by atoms with Crippen molar-refractivity contribution in [3.8, 4) is 6.07 Å². The number of aryl methyl sites for hydroxylation is 1. The molecule has 1 N–H and O–H groups in total. The van der Waals surface area contributed by atoms with Crippen molar-refractivity contribution in [3.05, 3.63) is 53.7 Å². The third-order valence-corrected chi connectivity index (χ3v) is 2.55. The largest absolute Gasteiger partial charge is 0.340 e. The van der Waals surface area contributed by atoms with Gasteiger partial charge in [0.25, 0.3) is 0 Å². The minimum atomic E-state index is 0.608. The van der Waals surface area contributed by atoms with Crippen LogP contribution < -0.4 is 5.32 Å². The van der Waals surface area contributed by atoms with Gasteiger partial charge >= 0.3 is 0 Å². The van der Waals surface area contributed by atoms with Gasteiger partial charge in [0.1, 0.15) is 5.82 Å². The highest BCUT2D eigenvalue weighted by Gasteiger charge is 2.01. The fourth-order valence-corrected chi connectivity index (χ4v) is 1.66. The molecule has 0 saturated heterocycles. The Bertz CT molecular complexity index is 555. The standard InChI is InChI=1S/C14H13N3/c1-2-12-5-3-4-6-13(12)17-14-9-11(10-15)7-8-16-14/h3-9H,2H2,1H3,(H,16,17). The van der Waals surface area contributed by atoms with Crippen LogP contribution >= 0.6 is 0 Å². The molecule has 0 fully saturated rings. The number of aromatic nitrogens is 1. The first-order valence-electron chi connectivity index (χ1n) is 5.54. The molecule has 0 atom stereocenters. The Morgan fingerprint density at radius 2 is 2.12 bits per heavy atom. The lowest BCUT2D eigenvalue weighted by molar-refractivity contribution is 1.14. The second-order valence-corrected chi connectivity index (χ2v) is 3.68. The van der Waals surface area contributed by atoms with Gasteiger partial charge in [-0.2, -0.15) is 5.26 Å². The molecule has 0 aliphatic carbocycles. The molecule has 3 nitrogen and oxygen atoms in total. The Morgan fingerprint density at radius 1 is 1.29 bits per heavy atom. The molecule has 2 aromatic rings. The number of nitriles is 1. The van der Waals surface area contributed by atoms with Crippen LogP contribution in [0.15, 0.2) is 42.6 Å². The number of para-hydroxylation sites is 1. The maximum Gasteiger partial charge on any atom is 0.131 e. The third-order valence-electron chi connectivity index (χ3n) is 2.55. The summed E-state index contributed by atoms with van der Waals surface area (Å²) >= 11 is 0. The summed E-state index contributed by atoms with van der Waals surface area (Å²) < 4.78 is 0. The molecule has 0 saturated carbocycles. The lowest BCUT2D eigenvalue weighted by Gasteiger charge is -2.09. The predicted octanol–water partition coefficient (Wildman–Crippen LogP) is 3.26. The zero-order valence-corrected chi connectivity index (χ0v) is 9.64. The number of nitrogens with one attached hydrogen (secondary N) is 1. The number of anilines is 2. The van der Waals surface area contributed by atoms with E-state index in [9.17, 15) is 0 Å². The van der Waals surface area contributed by atoms with Crippen LogP contribution in [0.25, 0.3) is 0 Å². The van der Waals surface area contributed by atoms with Crippen molar-refractivity contribution in [1.29, 1.82) is 5.26 Å². The maximum atomic E-state index is 8.82. The number of pyridine rings is 1. The van der Waals surface area contributed by atoms with E-state index in [1.807, 2.05) is 18.2 Å². The van der Waals surface area contributed by atoms with Gasteiger partial charge in [-0.05, 0) is 30.2 Å². The van der Waals surface area contributed by atoms with Crippen molar-refractivity contribution < 1.29 is 0 Å². The van der Waals surface area contributed by atoms with E-state index in [-0.39, 0.29) is 0 Å². The summed E-state index contributed by atoms with van der Waals surface area (Å²) in [5, 5.41) is 12.1. The van der Waals surface area contributed by atoms with E-state index < -0.39 is 0 Å². The number of rotatable bonds is 3. The lowest BCUT2D eigenvalue weighted by atomic mass is 10.1. The average Bonchev–Trinajstić information content (AvgIpc) is 2.39. The molecular formula is C14H13N3. The molecule has 1 aromatic carbocycles. The van der Waals surface area contributed by atoms with Crippen LogP contribution in [-0.2, 0) is 6.42 Å². The van der Waals surface area contributed by atoms with Crippen LogP contribution in [0.1, 0.15) is 18.1 Å². The first-order valence-corrected chi connectivity index (χ1v) is 5.54. The van der Waals surface area contributed by atoms with E-state index in [0.29, 0.717) is 11.4 Å². The SMILES string of the molecule is CCc1ccccc1Nc1cc(C#N)ccn1. The second-order valence-electron chi connectivity index (χ2n) is 3.68. The molecule has 84 valence electrons. The number of benzene rings is 1. The zero-order valence-electron chi connectivity index (χ0n) is 9.64. The van der Waals surface area contributed by atoms with Gasteiger partial charge in [-0.25, -0.2) is 4.98 Å². The summed E-state index contributed by atoms with van der Waals surface area (Å²) in [6, 6.07) is 13.6. The minimum absolute atomic E-state index is 0.608. The maximum absolute atomic E-state index is 8.82. The van der Waals surface area contributed by atoms with Crippen LogP contribution in [-0.4, -0.2) is 4.98 Å². The van der Waals surface area contributed by atoms with Crippen molar-refractivity contribution in [2.45, 2.75) is 13.3 Å². The Labute approximate surface area is 101 Å². The molecule has 0 unspecified atom stereocenters. The number of nitrogens with zero attached hydrogens (tertiary/aromatic N) is 2. The molecule has 0 aliphatic heterocycles. The van der Waals surface area contributed by atoms with Crippen molar-refractivity contribution in [2.75, 3.05) is 5.32 Å². The van der Waals surface area contributed by atoms with Gasteiger partial charge in [0, 0.05) is 11.9 Å². The van der Waals surface area contributed by atoms with Crippen molar-refractivity contribution in [1.82, 2.24) is 4.98 Å². The molecule has 0 radical (unpaired) electrons. The topological polar surface area (TPSA) is 48.7 Å². The van der Waals surface area contributed by atoms with Gasteiger partial charge < -0.3 is 5.32 Å². The van der Waals surface area contributed by atoms with Crippen molar-refractivity contribution in [3.63, 3.8) is 0 Å². The van der Waals surface area contributed by atoms with Crippen LogP contribution in [0.4, 0.5) is 11.5 Å². The third kappa shape index (κ3) is 2.61. The molecule has 1 heterocycles. The summed E-state index contributed by atoms with van der Waals surface area (Å²) in [5.74, 6) is 0.699. The molecular weight excluding hydrogens is 210 g/mol. The summed E-state index contributed by atoms with van der Waals surface area (Å²) in [6.45, 7) is 2.11. The first-order chi connectivity index (χ1) is 8.33. The molecule has 3 heteroatoms. The second kappa shape index (κ2) is 5.13. The van der Waals surface area contributed by atoms with Gasteiger partial charge in [0.2, 0.25) is 0 Å². The number of hydrogen-bond acceptors (Lipinski definition) is 3. The number of hydrogen-bond donors (Lipinski definition) is 1. The summed E-state index contributed by atoms with van der Waals surface area (Å²) in [7, 11) is 0. The van der Waals surface area contributed by atoms with Gasteiger partial charge in [-0.3, -0.25) is 0 Å². The van der Waals surface area contributed by atoms with Gasteiger partial charge in [-0.15, -0.1) is 0 Å². The van der Waals surface area contributed by atoms with E-state index in [4.69, 9.17) is 5.26 Å². The smallest absolute Gasteiger partial charge is 0.131 e. The Balaban J connectivity index is 2.28. The normalized spacial score (nSPS) is 9.65. The summed E-state index contributed by atoms with van der Waals surface area (Å²) in [5.41, 5.74) is 2.88. The van der Waals surface area contributed by atoms with Gasteiger partial charge in [0.05, 0.1) is 11.6 Å². The zero-order chi connectivity index (χ0) is 12.1. The van der Waals surface area contributed by atoms with E-state index in [0.717, 1.165) is 12.1 Å². The summed E-state index contributed by atoms with van der Waals surface area (Å²) in [6.07, 6.45) is 2.59. The van der Waals surface area contributed by atoms with Crippen molar-refractivity contribution in [2.24, 2.45) is 0 Å². The molecule has 0 spiro atoms. The lowest BCUT2D eigenvalue weighted by Crippen LogP contribution is -1.97. The minimum Gasteiger partial charge on any atom is -0.340 e. The molecule has 0 bridgehead atoms. The van der Waals surface area contributed by atoms with E-state index in [1.54, 1.807) is 18.3 Å². The predicted molar refractivity (Wildman–Crippen MR) is 68.1 cm³/mol. The summed E-state index contributed by atoms with van der Waals surface area (Å²) in [4.78, 5) is 4.20. The first kappa shape index (κ1) is 11.2. The Kier molecular flexibility index (Phi) is 3.37. The Morgan fingerprint density at radius 3 is 2.88 bits per heavy atom. The molecule has 0 amide bonds. The van der Waals surface area contributed by atoms with Crippen LogP contribution in [0.2, 0.25) is 0 Å². The van der Waals surface area contributed by atoms with Crippen LogP contribution in [0.3, 0.4) is 0 Å². The molecule has 0 aliphatic rings. The van der Waals surface area contributed by atoms with Gasteiger partial charge in [-0.1, -0.05) is 25.1 Å². The van der Waals surface area contributed by atoms with Crippen molar-refractivity contribution >= 4 is 11.5 Å². The fraction of sp³-hybridized carbons (Fsp3) is 0.143. The van der Waals surface area contributed by atoms with Gasteiger partial charge in [0.15, 0.2) is 0 Å². The van der Waals surface area contributed by atoms with E-state index in [1.165, 1.54) is 5.56 Å². The van der Waals surface area contributed by atoms with Crippen LogP contribution in [0, 0.1) is 11.3 Å². The quantitative estimate of drug-likeness (QED) is 0.868. The van der Waals surface area contributed by atoms with Crippen LogP contribution in [0.5, 0.6) is 0 Å². The monoisotopic (exact) mass is 223 g/mol. The van der Waals surface area contributed by atoms with E-state index >= 15 is 0 Å². The molecule has 1 aromatic heterocycles. The highest BCUT2D eigenvalue weighted by molar-refractivity contribution is 5.61. The molecule has 2 rings (SSSR count). The highest BCUT2D eigenvalue weighted by atomic mass is 15.0. The Hall–Kier alpha value is -2.34. The average molecular weight is 223 g/mol. The molecule has 17 heavy (non-hydrogen) atoms. The van der Waals surface area contributed by atoms with E-state index in [2.05, 4.69) is 29.4 Å².